The third-order valence-electron chi connectivity index (χ3n) is 0.955. The van der Waals surface area contributed by atoms with Crippen LogP contribution in [0, 0.1) is 0 Å². The lowest BCUT2D eigenvalue weighted by atomic mass is 10.3. The van der Waals surface area contributed by atoms with Crippen molar-refractivity contribution in [2.75, 3.05) is 0 Å². The summed E-state index contributed by atoms with van der Waals surface area (Å²) in [6, 6.07) is 3.00. The van der Waals surface area contributed by atoms with Crippen LogP contribution in [0.25, 0.3) is 0 Å². The molecule has 10 heavy (non-hydrogen) atoms. The number of carbonyl (C=O) groups excluding carboxylic acids is 1. The summed E-state index contributed by atoms with van der Waals surface area (Å²) in [5.74, 6) is -0.936. The SMILES string of the molecule is [2H]C([2H])([2H])C(=O)c1cc(Br)ccn1. The van der Waals surface area contributed by atoms with E-state index < -0.39 is 12.6 Å². The van der Waals surface area contributed by atoms with Crippen LogP contribution in [0.2, 0.25) is 0 Å². The summed E-state index contributed by atoms with van der Waals surface area (Å²) in [5, 5.41) is 0. The molecular formula is C7H6BrNO. The minimum Gasteiger partial charge on any atom is -0.293 e. The van der Waals surface area contributed by atoms with Gasteiger partial charge >= 0.3 is 0 Å². The van der Waals surface area contributed by atoms with Crippen molar-refractivity contribution in [1.29, 1.82) is 0 Å². The number of carbonyl (C=O) groups is 1. The normalized spacial score (nSPS) is 15.1. The molecule has 0 amide bonds. The zero-order valence-corrected chi connectivity index (χ0v) is 6.55. The standard InChI is InChI=1S/C7H6BrNO/c1-5(10)7-4-6(8)2-3-9-7/h2-4H,1H3/i1D3. The van der Waals surface area contributed by atoms with Crippen molar-refractivity contribution in [3.05, 3.63) is 28.5 Å². The molecule has 0 aliphatic rings. The van der Waals surface area contributed by atoms with Crippen molar-refractivity contribution in [2.45, 2.75) is 6.85 Å². The zero-order valence-electron chi connectivity index (χ0n) is 7.97. The maximum absolute atomic E-state index is 11.2. The largest absolute Gasteiger partial charge is 0.293 e. The summed E-state index contributed by atoms with van der Waals surface area (Å²) < 4.78 is 21.3. The van der Waals surface area contributed by atoms with Crippen LogP contribution in [0.15, 0.2) is 22.8 Å². The number of Topliss-reactive ketones (excluding diaryl/α,β-unsaturated/α-hetero) is 1. The van der Waals surface area contributed by atoms with Crippen LogP contribution in [0.5, 0.6) is 0 Å². The average Bonchev–Trinajstić information content (AvgIpc) is 2.01. The molecule has 0 aliphatic heterocycles. The molecule has 2 nitrogen and oxygen atoms in total. The van der Waals surface area contributed by atoms with Crippen LogP contribution in [-0.4, -0.2) is 10.8 Å². The molecule has 0 N–H and O–H groups in total. The summed E-state index contributed by atoms with van der Waals surface area (Å²) in [6.45, 7) is -2.62. The number of hydrogen-bond acceptors (Lipinski definition) is 2. The number of aromatic nitrogens is 1. The fourth-order valence-electron chi connectivity index (χ4n) is 0.529. The topological polar surface area (TPSA) is 30.0 Å². The molecule has 1 aromatic heterocycles. The first-order valence-corrected chi connectivity index (χ1v) is 3.37. The summed E-state index contributed by atoms with van der Waals surface area (Å²) in [7, 11) is 0. The van der Waals surface area contributed by atoms with Crippen molar-refractivity contribution in [1.82, 2.24) is 4.98 Å². The smallest absolute Gasteiger partial charge is 0.178 e. The van der Waals surface area contributed by atoms with E-state index in [1.807, 2.05) is 0 Å². The van der Waals surface area contributed by atoms with Crippen LogP contribution in [0.4, 0.5) is 0 Å². The molecule has 0 radical (unpaired) electrons. The number of halogens is 1. The van der Waals surface area contributed by atoms with Gasteiger partial charge in [-0.1, -0.05) is 15.9 Å². The second-order valence-corrected chi connectivity index (χ2v) is 2.60. The lowest BCUT2D eigenvalue weighted by Gasteiger charge is -1.92. The first-order valence-electron chi connectivity index (χ1n) is 4.07. The third kappa shape index (κ3) is 1.64. The van der Waals surface area contributed by atoms with Gasteiger partial charge in [-0.05, 0) is 12.1 Å². The maximum Gasteiger partial charge on any atom is 0.178 e. The predicted molar refractivity (Wildman–Crippen MR) is 41.9 cm³/mol. The molecule has 0 spiro atoms. The quantitative estimate of drug-likeness (QED) is 0.653. The van der Waals surface area contributed by atoms with Gasteiger partial charge in [-0.2, -0.15) is 0 Å². The zero-order chi connectivity index (χ0) is 10.1. The molecule has 0 unspecified atom stereocenters. The first-order chi connectivity index (χ1) is 5.91. The fraction of sp³-hybridized carbons (Fsp3) is 0.143. The van der Waals surface area contributed by atoms with Gasteiger partial charge in [0.25, 0.3) is 0 Å². The minimum atomic E-state index is -2.62. The summed E-state index contributed by atoms with van der Waals surface area (Å²) in [6.07, 6.45) is 1.38. The van der Waals surface area contributed by atoms with E-state index in [4.69, 9.17) is 4.11 Å². The molecule has 0 saturated heterocycles. The van der Waals surface area contributed by atoms with Crippen LogP contribution < -0.4 is 0 Å². The Morgan fingerprint density at radius 2 is 2.70 bits per heavy atom. The van der Waals surface area contributed by atoms with E-state index in [0.29, 0.717) is 4.47 Å². The van der Waals surface area contributed by atoms with Crippen LogP contribution in [0.1, 0.15) is 21.5 Å². The maximum atomic E-state index is 11.2. The minimum absolute atomic E-state index is 0.0469. The number of ketones is 1. The van der Waals surface area contributed by atoms with Gasteiger partial charge < -0.3 is 0 Å². The van der Waals surface area contributed by atoms with Crippen LogP contribution in [-0.2, 0) is 0 Å². The molecular weight excluding hydrogens is 194 g/mol. The third-order valence-corrected chi connectivity index (χ3v) is 1.45. The number of hydrogen-bond donors (Lipinski definition) is 0. The van der Waals surface area contributed by atoms with E-state index in [2.05, 4.69) is 20.9 Å². The van der Waals surface area contributed by atoms with Gasteiger partial charge in [0.2, 0.25) is 0 Å². The van der Waals surface area contributed by atoms with E-state index in [0.717, 1.165) is 0 Å². The molecule has 0 bridgehead atoms. The van der Waals surface area contributed by atoms with Gasteiger partial charge in [-0.15, -0.1) is 0 Å². The average molecular weight is 203 g/mol. The van der Waals surface area contributed by atoms with Gasteiger partial charge in [0.15, 0.2) is 5.78 Å². The van der Waals surface area contributed by atoms with Gasteiger partial charge in [-0.3, -0.25) is 9.78 Å². The van der Waals surface area contributed by atoms with E-state index in [9.17, 15) is 4.79 Å². The van der Waals surface area contributed by atoms with Crippen molar-refractivity contribution in [2.24, 2.45) is 0 Å². The number of pyridine rings is 1. The lowest BCUT2D eigenvalue weighted by molar-refractivity contribution is 0.101. The number of nitrogens with zero attached hydrogens (tertiary/aromatic N) is 1. The van der Waals surface area contributed by atoms with E-state index in [1.54, 1.807) is 6.07 Å². The van der Waals surface area contributed by atoms with Crippen molar-refractivity contribution >= 4 is 21.7 Å². The molecule has 0 saturated carbocycles. The predicted octanol–water partition coefficient (Wildman–Crippen LogP) is 2.05. The fourth-order valence-corrected chi connectivity index (χ4v) is 0.864. The number of rotatable bonds is 1. The highest BCUT2D eigenvalue weighted by Crippen LogP contribution is 2.08. The van der Waals surface area contributed by atoms with Crippen molar-refractivity contribution in [3.8, 4) is 0 Å². The van der Waals surface area contributed by atoms with Crippen molar-refractivity contribution in [3.63, 3.8) is 0 Å². The molecule has 3 heteroatoms. The van der Waals surface area contributed by atoms with E-state index in [-0.39, 0.29) is 5.69 Å². The van der Waals surface area contributed by atoms with Gasteiger partial charge in [0.1, 0.15) is 5.69 Å². The Morgan fingerprint density at radius 1 is 1.90 bits per heavy atom. The van der Waals surface area contributed by atoms with E-state index >= 15 is 0 Å². The Balaban J connectivity index is 3.03. The van der Waals surface area contributed by atoms with Gasteiger partial charge in [-0.25, -0.2) is 0 Å². The molecule has 0 atom stereocenters. The highest BCUT2D eigenvalue weighted by molar-refractivity contribution is 9.10. The highest BCUT2D eigenvalue weighted by atomic mass is 79.9. The molecule has 52 valence electrons. The Morgan fingerprint density at radius 3 is 3.30 bits per heavy atom. The molecule has 1 rings (SSSR count). The molecule has 1 heterocycles. The van der Waals surface area contributed by atoms with Crippen LogP contribution >= 0.6 is 15.9 Å². The summed E-state index contributed by atoms with van der Waals surface area (Å²) >= 11 is 3.12. The molecule has 0 aromatic carbocycles. The van der Waals surface area contributed by atoms with Crippen molar-refractivity contribution < 1.29 is 8.91 Å². The summed E-state index contributed by atoms with van der Waals surface area (Å²) in [5.41, 5.74) is -0.0469. The Kier molecular flexibility index (Phi) is 1.24. The van der Waals surface area contributed by atoms with E-state index in [1.165, 1.54) is 12.3 Å². The lowest BCUT2D eigenvalue weighted by Crippen LogP contribution is -1.94. The molecule has 1 aromatic rings. The summed E-state index contributed by atoms with van der Waals surface area (Å²) in [4.78, 5) is 14.8. The highest BCUT2D eigenvalue weighted by Gasteiger charge is 1.98. The second-order valence-electron chi connectivity index (χ2n) is 1.69. The Hall–Kier alpha value is -0.700. The molecule has 0 aliphatic carbocycles. The Bertz CT molecular complexity index is 337. The second kappa shape index (κ2) is 2.92. The Labute approximate surface area is 71.6 Å². The molecule has 0 fully saturated rings. The van der Waals surface area contributed by atoms with Gasteiger partial charge in [0.05, 0.1) is 0 Å². The van der Waals surface area contributed by atoms with Gasteiger partial charge in [0, 0.05) is 21.6 Å². The van der Waals surface area contributed by atoms with Crippen LogP contribution in [0.3, 0.4) is 0 Å². The first kappa shape index (κ1) is 4.23. The monoisotopic (exact) mass is 202 g/mol.